The Kier molecular flexibility index (Phi) is 5.51. The van der Waals surface area contributed by atoms with E-state index in [1.54, 1.807) is 0 Å². The van der Waals surface area contributed by atoms with Crippen LogP contribution in [-0.2, 0) is 11.3 Å². The molecule has 7 nitrogen and oxygen atoms in total. The molecule has 23 heavy (non-hydrogen) atoms. The number of hydrogen-bond donors (Lipinski definition) is 0. The minimum absolute atomic E-state index is 0.146. The number of carbonyl (C=O) groups excluding carboxylic acids is 1. The number of morpholine rings is 1. The molecule has 2 amide bonds. The van der Waals surface area contributed by atoms with E-state index in [9.17, 15) is 4.79 Å². The van der Waals surface area contributed by atoms with E-state index < -0.39 is 0 Å². The highest BCUT2D eigenvalue weighted by atomic mass is 16.5. The van der Waals surface area contributed by atoms with Crippen molar-refractivity contribution in [2.24, 2.45) is 0 Å². The largest absolute Gasteiger partial charge is 0.378 e. The summed E-state index contributed by atoms with van der Waals surface area (Å²) >= 11 is 0. The van der Waals surface area contributed by atoms with Gasteiger partial charge in [-0.15, -0.1) is 0 Å². The molecule has 0 N–H and O–H groups in total. The molecule has 3 heterocycles. The summed E-state index contributed by atoms with van der Waals surface area (Å²) in [6.45, 7) is 6.67. The highest BCUT2D eigenvalue weighted by Crippen LogP contribution is 2.16. The average Bonchev–Trinajstić information content (AvgIpc) is 3.13. The number of urea groups is 1. The number of carbonyl (C=O) groups is 1. The number of likely N-dealkylation sites (N-methyl/N-ethyl adjacent to an activating group) is 1. The van der Waals surface area contributed by atoms with Gasteiger partial charge < -0.3 is 14.5 Å². The Balaban J connectivity index is 1.49. The molecule has 0 aliphatic carbocycles. The summed E-state index contributed by atoms with van der Waals surface area (Å²) in [5.74, 6) is 0. The number of hydrogen-bond acceptors (Lipinski definition) is 4. The van der Waals surface area contributed by atoms with Crippen LogP contribution < -0.4 is 0 Å². The third kappa shape index (κ3) is 4.23. The standard InChI is InChI=1S/C16H27N5O2/c1-18(16(22)20-10-12-23-13-11-20)15-4-2-6-19(14-15)8-9-21-7-3-5-17-21/h3,5,7,15H,2,4,6,8-14H2,1H3. The van der Waals surface area contributed by atoms with Gasteiger partial charge in [0.2, 0.25) is 0 Å². The molecule has 1 aromatic rings. The molecule has 3 rings (SSSR count). The zero-order chi connectivity index (χ0) is 16.1. The lowest BCUT2D eigenvalue weighted by Gasteiger charge is -2.40. The SMILES string of the molecule is CN(C(=O)N1CCOCC1)C1CCCN(CCn2cccn2)C1. The van der Waals surface area contributed by atoms with Crippen LogP contribution in [0, 0.1) is 0 Å². The van der Waals surface area contributed by atoms with Gasteiger partial charge in [0, 0.05) is 51.7 Å². The Hall–Kier alpha value is -1.60. The monoisotopic (exact) mass is 321 g/mol. The molecule has 1 unspecified atom stereocenters. The number of ether oxygens (including phenoxy) is 1. The third-order valence-electron chi connectivity index (χ3n) is 4.82. The summed E-state index contributed by atoms with van der Waals surface area (Å²) in [6, 6.07) is 2.40. The molecule has 0 radical (unpaired) electrons. The summed E-state index contributed by atoms with van der Waals surface area (Å²) < 4.78 is 7.30. The van der Waals surface area contributed by atoms with Crippen molar-refractivity contribution in [2.45, 2.75) is 25.4 Å². The molecule has 2 saturated heterocycles. The highest BCUT2D eigenvalue weighted by Gasteiger charge is 2.29. The number of amides is 2. The first-order chi connectivity index (χ1) is 11.2. The number of nitrogens with zero attached hydrogens (tertiary/aromatic N) is 5. The van der Waals surface area contributed by atoms with Crippen molar-refractivity contribution in [3.63, 3.8) is 0 Å². The first-order valence-corrected chi connectivity index (χ1v) is 8.53. The summed E-state index contributed by atoms with van der Waals surface area (Å²) in [7, 11) is 1.94. The van der Waals surface area contributed by atoms with Gasteiger partial charge in [-0.1, -0.05) is 0 Å². The zero-order valence-electron chi connectivity index (χ0n) is 13.9. The second-order valence-electron chi connectivity index (χ2n) is 6.36. The molecule has 0 spiro atoms. The first-order valence-electron chi connectivity index (χ1n) is 8.53. The molecule has 1 aromatic heterocycles. The smallest absolute Gasteiger partial charge is 0.320 e. The number of likely N-dealkylation sites (tertiary alicyclic amines) is 1. The Morgan fingerprint density at radius 1 is 1.30 bits per heavy atom. The number of aromatic nitrogens is 2. The van der Waals surface area contributed by atoms with Gasteiger partial charge in [-0.2, -0.15) is 5.10 Å². The van der Waals surface area contributed by atoms with E-state index in [1.165, 1.54) is 0 Å². The second-order valence-corrected chi connectivity index (χ2v) is 6.36. The maximum Gasteiger partial charge on any atom is 0.320 e. The molecule has 2 fully saturated rings. The predicted octanol–water partition coefficient (Wildman–Crippen LogP) is 0.732. The lowest BCUT2D eigenvalue weighted by molar-refractivity contribution is 0.0367. The second kappa shape index (κ2) is 7.79. The van der Waals surface area contributed by atoms with E-state index in [2.05, 4.69) is 10.00 Å². The number of rotatable bonds is 4. The number of piperidine rings is 1. The quantitative estimate of drug-likeness (QED) is 0.820. The Labute approximate surface area is 137 Å². The van der Waals surface area contributed by atoms with Crippen molar-refractivity contribution in [2.75, 3.05) is 53.0 Å². The molecular formula is C16H27N5O2. The van der Waals surface area contributed by atoms with E-state index in [0.717, 1.165) is 39.0 Å². The predicted molar refractivity (Wildman–Crippen MR) is 87.2 cm³/mol. The van der Waals surface area contributed by atoms with Gasteiger partial charge in [-0.05, 0) is 25.5 Å². The van der Waals surface area contributed by atoms with Gasteiger partial charge in [-0.25, -0.2) is 4.79 Å². The summed E-state index contributed by atoms with van der Waals surface area (Å²) in [5.41, 5.74) is 0. The summed E-state index contributed by atoms with van der Waals surface area (Å²) in [4.78, 5) is 18.9. The van der Waals surface area contributed by atoms with Crippen LogP contribution >= 0.6 is 0 Å². The minimum atomic E-state index is 0.146. The molecule has 0 saturated carbocycles. The maximum atomic E-state index is 12.6. The fraction of sp³-hybridized carbons (Fsp3) is 0.750. The normalized spacial score (nSPS) is 23.0. The van der Waals surface area contributed by atoms with Crippen LogP contribution in [0.3, 0.4) is 0 Å². The fourth-order valence-corrected chi connectivity index (χ4v) is 3.36. The van der Waals surface area contributed by atoms with Gasteiger partial charge in [0.15, 0.2) is 0 Å². The van der Waals surface area contributed by atoms with Crippen molar-refractivity contribution < 1.29 is 9.53 Å². The third-order valence-corrected chi connectivity index (χ3v) is 4.82. The summed E-state index contributed by atoms with van der Waals surface area (Å²) in [6.07, 6.45) is 6.04. The van der Waals surface area contributed by atoms with Crippen molar-refractivity contribution >= 4 is 6.03 Å². The average molecular weight is 321 g/mol. The van der Waals surface area contributed by atoms with Crippen molar-refractivity contribution in [1.82, 2.24) is 24.5 Å². The van der Waals surface area contributed by atoms with Gasteiger partial charge in [0.25, 0.3) is 0 Å². The van der Waals surface area contributed by atoms with Crippen molar-refractivity contribution in [3.8, 4) is 0 Å². The van der Waals surface area contributed by atoms with E-state index in [0.29, 0.717) is 32.3 Å². The van der Waals surface area contributed by atoms with Gasteiger partial charge >= 0.3 is 6.03 Å². The Morgan fingerprint density at radius 3 is 2.87 bits per heavy atom. The molecule has 7 heteroatoms. The summed E-state index contributed by atoms with van der Waals surface area (Å²) in [5, 5.41) is 4.25. The van der Waals surface area contributed by atoms with E-state index in [4.69, 9.17) is 4.74 Å². The van der Waals surface area contributed by atoms with Gasteiger partial charge in [0.1, 0.15) is 0 Å². The Bertz CT molecular complexity index is 487. The topological polar surface area (TPSA) is 53.8 Å². The first kappa shape index (κ1) is 16.3. The molecule has 2 aliphatic rings. The molecule has 0 bridgehead atoms. The van der Waals surface area contributed by atoms with Gasteiger partial charge in [-0.3, -0.25) is 9.58 Å². The molecule has 0 aromatic carbocycles. The minimum Gasteiger partial charge on any atom is -0.378 e. The molecule has 1 atom stereocenters. The van der Waals surface area contributed by atoms with Crippen LogP contribution in [0.1, 0.15) is 12.8 Å². The van der Waals surface area contributed by atoms with E-state index in [1.807, 2.05) is 40.0 Å². The van der Waals surface area contributed by atoms with Crippen LogP contribution in [0.4, 0.5) is 4.79 Å². The van der Waals surface area contributed by atoms with Crippen LogP contribution in [0.5, 0.6) is 0 Å². The van der Waals surface area contributed by atoms with Gasteiger partial charge in [0.05, 0.1) is 19.8 Å². The lowest BCUT2D eigenvalue weighted by Crippen LogP contribution is -2.54. The van der Waals surface area contributed by atoms with E-state index in [-0.39, 0.29) is 6.03 Å². The lowest BCUT2D eigenvalue weighted by atomic mass is 10.0. The molecule has 128 valence electrons. The zero-order valence-corrected chi connectivity index (χ0v) is 13.9. The highest BCUT2D eigenvalue weighted by molar-refractivity contribution is 5.74. The van der Waals surface area contributed by atoms with Crippen LogP contribution in [0.15, 0.2) is 18.5 Å². The molecular weight excluding hydrogens is 294 g/mol. The fourth-order valence-electron chi connectivity index (χ4n) is 3.36. The Morgan fingerprint density at radius 2 is 2.13 bits per heavy atom. The van der Waals surface area contributed by atoms with E-state index >= 15 is 0 Å². The van der Waals surface area contributed by atoms with Crippen molar-refractivity contribution in [3.05, 3.63) is 18.5 Å². The van der Waals surface area contributed by atoms with Crippen LogP contribution in [-0.4, -0.2) is 89.5 Å². The molecule has 2 aliphatic heterocycles. The van der Waals surface area contributed by atoms with Crippen LogP contribution in [0.25, 0.3) is 0 Å². The van der Waals surface area contributed by atoms with Crippen molar-refractivity contribution in [1.29, 1.82) is 0 Å². The van der Waals surface area contributed by atoms with Crippen LogP contribution in [0.2, 0.25) is 0 Å². The maximum absolute atomic E-state index is 12.6.